The molecule has 1 aliphatic rings. The number of nitrogens with zero attached hydrogens (tertiary/aromatic N) is 5. The molecule has 7 heteroatoms. The van der Waals surface area contributed by atoms with Gasteiger partial charge in [-0.05, 0) is 54.8 Å². The fourth-order valence-corrected chi connectivity index (χ4v) is 3.77. The Morgan fingerprint density at radius 1 is 1.12 bits per heavy atom. The third-order valence-electron chi connectivity index (χ3n) is 4.68. The highest BCUT2D eigenvalue weighted by Crippen LogP contribution is 2.25. The van der Waals surface area contributed by atoms with Crippen molar-refractivity contribution in [2.45, 2.75) is 32.7 Å². The Labute approximate surface area is 161 Å². The summed E-state index contributed by atoms with van der Waals surface area (Å²) in [7, 11) is 0. The quantitative estimate of drug-likeness (QED) is 0.703. The van der Waals surface area contributed by atoms with E-state index in [4.69, 9.17) is 0 Å². The molecule has 1 fully saturated rings. The molecule has 0 unspecified atom stereocenters. The molecular formula is C19H21BrN6. The molecule has 0 amide bonds. The molecule has 4 heterocycles. The summed E-state index contributed by atoms with van der Waals surface area (Å²) in [5.74, 6) is 1.87. The fourth-order valence-electron chi connectivity index (χ4n) is 3.45. The van der Waals surface area contributed by atoms with Gasteiger partial charge in [-0.1, -0.05) is 0 Å². The van der Waals surface area contributed by atoms with Crippen LogP contribution in [0.2, 0.25) is 0 Å². The molecule has 0 aliphatic carbocycles. The minimum absolute atomic E-state index is 0.423. The molecule has 0 aromatic carbocycles. The molecule has 1 aliphatic heterocycles. The average molecular weight is 413 g/mol. The Kier molecular flexibility index (Phi) is 4.72. The molecule has 134 valence electrons. The van der Waals surface area contributed by atoms with Crippen LogP contribution in [0.5, 0.6) is 0 Å². The number of piperidine rings is 1. The van der Waals surface area contributed by atoms with Gasteiger partial charge < -0.3 is 10.2 Å². The Bertz CT molecular complexity index is 916. The molecule has 0 atom stereocenters. The SMILES string of the molecule is Cc1cc(N2CCC(Nc3ccnc4cc(Br)cnc34)CC2)nc(C)n1. The molecule has 1 saturated heterocycles. The van der Waals surface area contributed by atoms with Gasteiger partial charge in [0.15, 0.2) is 0 Å². The molecule has 1 N–H and O–H groups in total. The van der Waals surface area contributed by atoms with Crippen molar-refractivity contribution in [2.75, 3.05) is 23.3 Å². The van der Waals surface area contributed by atoms with E-state index in [0.29, 0.717) is 6.04 Å². The van der Waals surface area contributed by atoms with Crippen LogP contribution in [0.4, 0.5) is 11.5 Å². The Morgan fingerprint density at radius 2 is 1.92 bits per heavy atom. The number of anilines is 2. The van der Waals surface area contributed by atoms with Gasteiger partial charge in [-0.25, -0.2) is 9.97 Å². The first kappa shape index (κ1) is 17.1. The second kappa shape index (κ2) is 7.15. The average Bonchev–Trinajstić information content (AvgIpc) is 2.61. The van der Waals surface area contributed by atoms with Crippen LogP contribution < -0.4 is 10.2 Å². The van der Waals surface area contributed by atoms with Crippen LogP contribution in [0.25, 0.3) is 11.0 Å². The number of halogens is 1. The van der Waals surface area contributed by atoms with Gasteiger partial charge >= 0.3 is 0 Å². The minimum atomic E-state index is 0.423. The van der Waals surface area contributed by atoms with Crippen molar-refractivity contribution in [2.24, 2.45) is 0 Å². The van der Waals surface area contributed by atoms with Crippen LogP contribution in [0, 0.1) is 13.8 Å². The van der Waals surface area contributed by atoms with Crippen molar-refractivity contribution in [1.29, 1.82) is 0 Å². The smallest absolute Gasteiger partial charge is 0.132 e. The van der Waals surface area contributed by atoms with Crippen molar-refractivity contribution in [1.82, 2.24) is 19.9 Å². The van der Waals surface area contributed by atoms with Crippen LogP contribution >= 0.6 is 15.9 Å². The topological polar surface area (TPSA) is 66.8 Å². The van der Waals surface area contributed by atoms with Gasteiger partial charge in [0, 0.05) is 47.8 Å². The van der Waals surface area contributed by atoms with Gasteiger partial charge in [0.1, 0.15) is 17.2 Å². The van der Waals surface area contributed by atoms with Crippen molar-refractivity contribution >= 4 is 38.5 Å². The van der Waals surface area contributed by atoms with Gasteiger partial charge in [0.05, 0.1) is 11.2 Å². The Hall–Kier alpha value is -2.28. The molecule has 0 radical (unpaired) electrons. The third-order valence-corrected chi connectivity index (χ3v) is 5.11. The van der Waals surface area contributed by atoms with E-state index in [9.17, 15) is 0 Å². The lowest BCUT2D eigenvalue weighted by Gasteiger charge is -2.33. The molecule has 0 bridgehead atoms. The summed E-state index contributed by atoms with van der Waals surface area (Å²) in [4.78, 5) is 20.2. The number of hydrogen-bond acceptors (Lipinski definition) is 6. The van der Waals surface area contributed by atoms with Gasteiger partial charge in [0.25, 0.3) is 0 Å². The Balaban J connectivity index is 1.46. The highest BCUT2D eigenvalue weighted by molar-refractivity contribution is 9.10. The molecular weight excluding hydrogens is 392 g/mol. The second-order valence-corrected chi connectivity index (χ2v) is 7.62. The van der Waals surface area contributed by atoms with E-state index in [1.807, 2.05) is 38.4 Å². The highest BCUT2D eigenvalue weighted by Gasteiger charge is 2.21. The van der Waals surface area contributed by atoms with Crippen molar-refractivity contribution in [3.63, 3.8) is 0 Å². The monoisotopic (exact) mass is 412 g/mol. The van der Waals surface area contributed by atoms with E-state index in [1.54, 1.807) is 0 Å². The maximum absolute atomic E-state index is 4.59. The van der Waals surface area contributed by atoms with Crippen molar-refractivity contribution in [3.05, 3.63) is 46.6 Å². The lowest BCUT2D eigenvalue weighted by Crippen LogP contribution is -2.39. The molecule has 6 nitrogen and oxygen atoms in total. The molecule has 26 heavy (non-hydrogen) atoms. The summed E-state index contributed by atoms with van der Waals surface area (Å²) in [6.07, 6.45) is 5.77. The summed E-state index contributed by atoms with van der Waals surface area (Å²) >= 11 is 3.46. The minimum Gasteiger partial charge on any atom is -0.380 e. The van der Waals surface area contributed by atoms with E-state index >= 15 is 0 Å². The number of fused-ring (bicyclic) bond motifs is 1. The van der Waals surface area contributed by atoms with Gasteiger partial charge in [-0.2, -0.15) is 0 Å². The number of rotatable bonds is 3. The lowest BCUT2D eigenvalue weighted by molar-refractivity contribution is 0.523. The van der Waals surface area contributed by atoms with Crippen LogP contribution in [-0.2, 0) is 0 Å². The number of aryl methyl sites for hydroxylation is 2. The van der Waals surface area contributed by atoms with Crippen molar-refractivity contribution in [3.8, 4) is 0 Å². The van der Waals surface area contributed by atoms with Crippen LogP contribution in [0.3, 0.4) is 0 Å². The van der Waals surface area contributed by atoms with Gasteiger partial charge in [0.2, 0.25) is 0 Å². The molecule has 4 rings (SSSR count). The van der Waals surface area contributed by atoms with Crippen LogP contribution in [-0.4, -0.2) is 39.1 Å². The maximum atomic E-state index is 4.59. The lowest BCUT2D eigenvalue weighted by atomic mass is 10.0. The van der Waals surface area contributed by atoms with Crippen molar-refractivity contribution < 1.29 is 0 Å². The summed E-state index contributed by atoms with van der Waals surface area (Å²) < 4.78 is 0.943. The Morgan fingerprint density at radius 3 is 2.69 bits per heavy atom. The second-order valence-electron chi connectivity index (χ2n) is 6.70. The summed E-state index contributed by atoms with van der Waals surface area (Å²) in [5.41, 5.74) is 3.89. The summed E-state index contributed by atoms with van der Waals surface area (Å²) in [5, 5.41) is 3.66. The van der Waals surface area contributed by atoms with E-state index in [1.165, 1.54) is 0 Å². The van der Waals surface area contributed by atoms with Gasteiger partial charge in [-0.15, -0.1) is 0 Å². The van der Waals surface area contributed by atoms with Crippen LogP contribution in [0.15, 0.2) is 35.1 Å². The highest BCUT2D eigenvalue weighted by atomic mass is 79.9. The number of nitrogens with one attached hydrogen (secondary N) is 1. The van der Waals surface area contributed by atoms with Gasteiger partial charge in [-0.3, -0.25) is 9.97 Å². The first-order valence-corrected chi connectivity index (χ1v) is 9.62. The largest absolute Gasteiger partial charge is 0.380 e. The predicted octanol–water partition coefficient (Wildman–Crippen LogP) is 3.88. The molecule has 3 aromatic rings. The first-order chi connectivity index (χ1) is 12.6. The number of aromatic nitrogens is 4. The maximum Gasteiger partial charge on any atom is 0.132 e. The number of pyridine rings is 2. The third kappa shape index (κ3) is 3.62. The van der Waals surface area contributed by atoms with Crippen LogP contribution in [0.1, 0.15) is 24.4 Å². The van der Waals surface area contributed by atoms with E-state index in [0.717, 1.165) is 64.5 Å². The number of hydrogen-bond donors (Lipinski definition) is 1. The van der Waals surface area contributed by atoms with E-state index in [-0.39, 0.29) is 0 Å². The normalized spacial score (nSPS) is 15.4. The zero-order valence-corrected chi connectivity index (χ0v) is 16.5. The summed E-state index contributed by atoms with van der Waals surface area (Å²) in [6, 6.07) is 6.49. The predicted molar refractivity (Wildman–Crippen MR) is 108 cm³/mol. The molecule has 0 spiro atoms. The fraction of sp³-hybridized carbons (Fsp3) is 0.368. The first-order valence-electron chi connectivity index (χ1n) is 8.82. The van der Waals surface area contributed by atoms with E-state index in [2.05, 4.69) is 52.1 Å². The zero-order valence-electron chi connectivity index (χ0n) is 14.9. The standard InChI is InChI=1S/C19H21BrN6/c1-12-9-18(24-13(2)23-12)26-7-4-15(5-8-26)25-16-3-6-21-17-10-14(20)11-22-19(16)17/h3,6,9-11,15H,4-5,7-8H2,1-2H3,(H,21,25). The molecule has 0 saturated carbocycles. The summed E-state index contributed by atoms with van der Waals surface area (Å²) in [6.45, 7) is 5.93. The molecule has 3 aromatic heterocycles. The zero-order chi connectivity index (χ0) is 18.1. The van der Waals surface area contributed by atoms with E-state index < -0.39 is 0 Å².